The Morgan fingerprint density at radius 3 is 2.45 bits per heavy atom. The molecule has 0 saturated carbocycles. The van der Waals surface area contributed by atoms with Crippen molar-refractivity contribution in [2.45, 2.75) is 18.7 Å². The van der Waals surface area contributed by atoms with Gasteiger partial charge >= 0.3 is 0 Å². The number of sulfonamides is 1. The van der Waals surface area contributed by atoms with E-state index >= 15 is 0 Å². The molecule has 11 heteroatoms. The van der Waals surface area contributed by atoms with E-state index in [0.717, 1.165) is 10.7 Å². The number of carbonyl (C=O) groups is 1. The van der Waals surface area contributed by atoms with Crippen molar-refractivity contribution in [1.29, 1.82) is 0 Å². The van der Waals surface area contributed by atoms with Crippen LogP contribution in [0.1, 0.15) is 24.3 Å². The first-order chi connectivity index (χ1) is 15.6. The third-order valence-corrected chi connectivity index (χ3v) is 5.98. The topological polar surface area (TPSA) is 140 Å². The second-order valence-electron chi connectivity index (χ2n) is 7.52. The lowest BCUT2D eigenvalue weighted by Gasteiger charge is -2.12. The van der Waals surface area contributed by atoms with E-state index in [4.69, 9.17) is 4.74 Å². The Kier molecular flexibility index (Phi) is 7.14. The summed E-state index contributed by atoms with van der Waals surface area (Å²) < 4.78 is 33.3. The quantitative estimate of drug-likeness (QED) is 0.456. The lowest BCUT2D eigenvalue weighted by molar-refractivity contribution is 0.101. The summed E-state index contributed by atoms with van der Waals surface area (Å²) in [5.41, 5.74) is -0.477. The summed E-state index contributed by atoms with van der Waals surface area (Å²) in [6.07, 6.45) is 0. The van der Waals surface area contributed by atoms with E-state index in [1.807, 2.05) is 13.8 Å². The van der Waals surface area contributed by atoms with E-state index in [1.165, 1.54) is 31.4 Å². The molecule has 3 rings (SSSR count). The molecular weight excluding hydrogens is 448 g/mol. The van der Waals surface area contributed by atoms with Crippen molar-refractivity contribution in [3.63, 3.8) is 0 Å². The van der Waals surface area contributed by atoms with E-state index in [-0.39, 0.29) is 16.5 Å². The monoisotopic (exact) mass is 472 g/mol. The Labute approximate surface area is 190 Å². The van der Waals surface area contributed by atoms with E-state index in [0.29, 0.717) is 18.0 Å². The summed E-state index contributed by atoms with van der Waals surface area (Å²) in [4.78, 5) is 25.1. The molecule has 1 heterocycles. The number of rotatable bonds is 8. The SMILES string of the molecule is COc1ccccc1-n1nc(C(=O)Nc2ccc(S(=O)(=O)NCC(C)C)cc2)c(O)cc1=O. The highest BCUT2D eigenvalue weighted by molar-refractivity contribution is 7.89. The number of hydrogen-bond donors (Lipinski definition) is 3. The Bertz CT molecular complexity index is 1320. The van der Waals surface area contributed by atoms with Crippen LogP contribution in [0.25, 0.3) is 5.69 Å². The number of aromatic hydroxyl groups is 1. The maximum absolute atomic E-state index is 12.7. The summed E-state index contributed by atoms with van der Waals surface area (Å²) in [6.45, 7) is 4.08. The van der Waals surface area contributed by atoms with Gasteiger partial charge in [-0.1, -0.05) is 26.0 Å². The minimum Gasteiger partial charge on any atom is -0.505 e. The number of aromatic nitrogens is 2. The predicted octanol–water partition coefficient (Wildman–Crippen LogP) is 2.13. The van der Waals surface area contributed by atoms with Crippen LogP contribution in [0.4, 0.5) is 5.69 Å². The molecule has 0 atom stereocenters. The highest BCUT2D eigenvalue weighted by Gasteiger charge is 2.19. The summed E-state index contributed by atoms with van der Waals surface area (Å²) >= 11 is 0. The van der Waals surface area contributed by atoms with Crippen molar-refractivity contribution >= 4 is 21.6 Å². The second kappa shape index (κ2) is 9.84. The van der Waals surface area contributed by atoms with Gasteiger partial charge in [0.25, 0.3) is 11.5 Å². The van der Waals surface area contributed by atoms with Crippen molar-refractivity contribution < 1.29 is 23.1 Å². The number of carbonyl (C=O) groups excluding carboxylic acids is 1. The molecule has 0 radical (unpaired) electrons. The van der Waals surface area contributed by atoms with Gasteiger partial charge in [-0.05, 0) is 42.3 Å². The third kappa shape index (κ3) is 5.57. The van der Waals surface area contributed by atoms with Crippen LogP contribution >= 0.6 is 0 Å². The smallest absolute Gasteiger partial charge is 0.279 e. The molecule has 0 aliphatic rings. The second-order valence-corrected chi connectivity index (χ2v) is 9.29. The Hall–Kier alpha value is -3.70. The van der Waals surface area contributed by atoms with E-state index in [2.05, 4.69) is 15.1 Å². The Morgan fingerprint density at radius 1 is 1.15 bits per heavy atom. The van der Waals surface area contributed by atoms with Crippen molar-refractivity contribution in [3.05, 3.63) is 70.6 Å². The highest BCUT2D eigenvalue weighted by atomic mass is 32.2. The first-order valence-electron chi connectivity index (χ1n) is 10.00. The molecule has 33 heavy (non-hydrogen) atoms. The van der Waals surface area contributed by atoms with Crippen molar-refractivity contribution in [2.75, 3.05) is 19.0 Å². The average Bonchev–Trinajstić information content (AvgIpc) is 2.78. The zero-order valence-corrected chi connectivity index (χ0v) is 19.1. The zero-order chi connectivity index (χ0) is 24.2. The lowest BCUT2D eigenvalue weighted by atomic mass is 10.2. The predicted molar refractivity (Wildman–Crippen MR) is 122 cm³/mol. The van der Waals surface area contributed by atoms with Crippen LogP contribution in [0.2, 0.25) is 0 Å². The van der Waals surface area contributed by atoms with Crippen LogP contribution in [0.15, 0.2) is 64.3 Å². The number of benzene rings is 2. The van der Waals surface area contributed by atoms with Gasteiger partial charge in [-0.15, -0.1) is 0 Å². The summed E-state index contributed by atoms with van der Waals surface area (Å²) in [6, 6.07) is 13.0. The van der Waals surface area contributed by atoms with Gasteiger partial charge in [0.15, 0.2) is 11.4 Å². The standard InChI is InChI=1S/C22H24N4O6S/c1-14(2)13-23-33(30,31)16-10-8-15(9-11-16)24-22(29)21-18(27)12-20(28)26(25-21)17-6-4-5-7-19(17)32-3/h4-12,14,23,27H,13H2,1-3H3,(H,24,29). The molecule has 0 bridgehead atoms. The van der Waals surface area contributed by atoms with Crippen LogP contribution in [0, 0.1) is 5.92 Å². The van der Waals surface area contributed by atoms with Gasteiger partial charge in [0, 0.05) is 18.3 Å². The first kappa shape index (κ1) is 24.0. The van der Waals surface area contributed by atoms with Gasteiger partial charge in [0.1, 0.15) is 11.4 Å². The molecule has 0 unspecified atom stereocenters. The normalized spacial score (nSPS) is 11.4. The van der Waals surface area contributed by atoms with Crippen molar-refractivity contribution in [2.24, 2.45) is 5.92 Å². The van der Waals surface area contributed by atoms with E-state index in [1.54, 1.807) is 24.3 Å². The van der Waals surface area contributed by atoms with Crippen LogP contribution in [-0.4, -0.2) is 42.9 Å². The molecule has 2 aromatic carbocycles. The molecule has 0 spiro atoms. The number of ether oxygens (including phenoxy) is 1. The molecule has 0 aliphatic heterocycles. The molecule has 174 valence electrons. The van der Waals surface area contributed by atoms with Gasteiger partial charge in [0.2, 0.25) is 10.0 Å². The number of amides is 1. The van der Waals surface area contributed by atoms with Crippen molar-refractivity contribution in [1.82, 2.24) is 14.5 Å². The Balaban J connectivity index is 1.86. The summed E-state index contributed by atoms with van der Waals surface area (Å²) in [5.74, 6) is -0.880. The lowest BCUT2D eigenvalue weighted by Crippen LogP contribution is -2.27. The average molecular weight is 473 g/mol. The number of nitrogens with zero attached hydrogens (tertiary/aromatic N) is 2. The van der Waals surface area contributed by atoms with E-state index in [9.17, 15) is 23.1 Å². The molecule has 1 amide bonds. The number of anilines is 1. The highest BCUT2D eigenvalue weighted by Crippen LogP contribution is 2.22. The molecule has 0 aliphatic carbocycles. The van der Waals surface area contributed by atoms with E-state index < -0.39 is 32.9 Å². The van der Waals surface area contributed by atoms with Crippen LogP contribution in [0.3, 0.4) is 0 Å². The van der Waals surface area contributed by atoms with Crippen LogP contribution < -0.4 is 20.3 Å². The van der Waals surface area contributed by atoms with Gasteiger partial charge in [-0.25, -0.2) is 13.1 Å². The van der Waals surface area contributed by atoms with Gasteiger partial charge < -0.3 is 15.2 Å². The number of methoxy groups -OCH3 is 1. The van der Waals surface area contributed by atoms with Gasteiger partial charge in [-0.3, -0.25) is 9.59 Å². The van der Waals surface area contributed by atoms with Crippen LogP contribution in [0.5, 0.6) is 11.5 Å². The molecule has 3 N–H and O–H groups in total. The largest absolute Gasteiger partial charge is 0.505 e. The first-order valence-corrected chi connectivity index (χ1v) is 11.5. The molecule has 10 nitrogen and oxygen atoms in total. The fraction of sp³-hybridized carbons (Fsp3) is 0.227. The van der Waals surface area contributed by atoms with Gasteiger partial charge in [-0.2, -0.15) is 9.78 Å². The minimum absolute atomic E-state index is 0.0480. The number of para-hydroxylation sites is 2. The maximum Gasteiger partial charge on any atom is 0.279 e. The zero-order valence-electron chi connectivity index (χ0n) is 18.3. The molecule has 3 aromatic rings. The fourth-order valence-electron chi connectivity index (χ4n) is 2.85. The summed E-state index contributed by atoms with van der Waals surface area (Å²) in [5, 5.41) is 16.7. The molecule has 0 fully saturated rings. The maximum atomic E-state index is 12.7. The summed E-state index contributed by atoms with van der Waals surface area (Å²) in [7, 11) is -2.24. The Morgan fingerprint density at radius 2 is 1.82 bits per heavy atom. The number of nitrogens with one attached hydrogen (secondary N) is 2. The van der Waals surface area contributed by atoms with Crippen LogP contribution in [-0.2, 0) is 10.0 Å². The van der Waals surface area contributed by atoms with Gasteiger partial charge in [0.05, 0.1) is 12.0 Å². The number of hydrogen-bond acceptors (Lipinski definition) is 7. The van der Waals surface area contributed by atoms with Crippen molar-refractivity contribution in [3.8, 4) is 17.2 Å². The molecule has 0 saturated heterocycles. The molecule has 1 aromatic heterocycles. The third-order valence-electron chi connectivity index (χ3n) is 4.54. The fourth-order valence-corrected chi connectivity index (χ4v) is 4.07. The molecular formula is C22H24N4O6S. The minimum atomic E-state index is -3.67.